The van der Waals surface area contributed by atoms with Crippen LogP contribution in [0.3, 0.4) is 0 Å². The summed E-state index contributed by atoms with van der Waals surface area (Å²) in [6.07, 6.45) is 9.85. The Balaban J connectivity index is 2.17. The van der Waals surface area contributed by atoms with Crippen LogP contribution in [0.15, 0.2) is 60.4 Å². The van der Waals surface area contributed by atoms with Gasteiger partial charge in [-0.05, 0) is 36.8 Å². The third kappa shape index (κ3) is 3.81. The number of hydrogen-bond donors (Lipinski definition) is 0. The second-order valence-corrected chi connectivity index (χ2v) is 4.24. The van der Waals surface area contributed by atoms with Gasteiger partial charge in [-0.2, -0.15) is 0 Å². The average Bonchev–Trinajstić information content (AvgIpc) is 2.47. The molecule has 0 aliphatic rings. The highest BCUT2D eigenvalue weighted by Crippen LogP contribution is 2.20. The van der Waals surface area contributed by atoms with Crippen molar-refractivity contribution in [1.82, 2.24) is 4.98 Å². The summed E-state index contributed by atoms with van der Waals surface area (Å²) < 4.78 is 5.33. The molecular weight excluding hydrogens is 234 g/mol. The number of benzene rings is 1. The van der Waals surface area contributed by atoms with Crippen LogP contribution < -0.4 is 4.74 Å². The number of ether oxygens (including phenoxy) is 1. The fraction of sp³-hybridized carbons (Fsp3) is 0.118. The minimum Gasteiger partial charge on any atom is -0.496 e. The summed E-state index contributed by atoms with van der Waals surface area (Å²) in [7, 11) is 1.69. The Morgan fingerprint density at radius 3 is 2.58 bits per heavy atom. The Morgan fingerprint density at radius 2 is 1.84 bits per heavy atom. The fourth-order valence-corrected chi connectivity index (χ4v) is 1.78. The van der Waals surface area contributed by atoms with E-state index in [1.807, 2.05) is 36.4 Å². The largest absolute Gasteiger partial charge is 0.496 e. The molecule has 2 heteroatoms. The van der Waals surface area contributed by atoms with Crippen molar-refractivity contribution in [1.29, 1.82) is 0 Å². The molecule has 2 aromatic rings. The predicted molar refractivity (Wildman–Crippen MR) is 79.9 cm³/mol. The van der Waals surface area contributed by atoms with E-state index < -0.39 is 0 Å². The molecule has 96 valence electrons. The Labute approximate surface area is 114 Å². The molecule has 0 amide bonds. The summed E-state index contributed by atoms with van der Waals surface area (Å²) in [4.78, 5) is 4.00. The predicted octanol–water partition coefficient (Wildman–Crippen LogP) is 4.21. The van der Waals surface area contributed by atoms with Crippen LogP contribution >= 0.6 is 0 Å². The lowest BCUT2D eigenvalue weighted by Crippen LogP contribution is -1.86. The highest BCUT2D eigenvalue weighted by atomic mass is 16.5. The fourth-order valence-electron chi connectivity index (χ4n) is 1.78. The first-order valence-corrected chi connectivity index (χ1v) is 6.19. The highest BCUT2D eigenvalue weighted by Gasteiger charge is 1.97. The molecule has 0 radical (unpaired) electrons. The van der Waals surface area contributed by atoms with Gasteiger partial charge in [0, 0.05) is 18.0 Å². The lowest BCUT2D eigenvalue weighted by Gasteiger charge is -2.04. The zero-order valence-corrected chi connectivity index (χ0v) is 11.2. The van der Waals surface area contributed by atoms with Gasteiger partial charge < -0.3 is 4.74 Å². The van der Waals surface area contributed by atoms with Gasteiger partial charge in [-0.1, -0.05) is 35.9 Å². The number of allylic oxidation sites excluding steroid dienone is 2. The van der Waals surface area contributed by atoms with Crippen LogP contribution in [0.2, 0.25) is 0 Å². The number of pyridine rings is 1. The molecule has 1 aromatic carbocycles. The summed E-state index contributed by atoms with van der Waals surface area (Å²) in [5.41, 5.74) is 3.39. The molecule has 0 atom stereocenters. The van der Waals surface area contributed by atoms with Gasteiger partial charge in [-0.3, -0.25) is 4.98 Å². The van der Waals surface area contributed by atoms with Crippen LogP contribution in [0, 0.1) is 0 Å². The summed E-state index contributed by atoms with van der Waals surface area (Å²) in [6.45, 7) is 2.07. The van der Waals surface area contributed by atoms with Crippen LogP contribution in [0.25, 0.3) is 12.2 Å². The summed E-state index contributed by atoms with van der Waals surface area (Å²) in [5, 5.41) is 0. The maximum Gasteiger partial charge on any atom is 0.126 e. The Kier molecular flexibility index (Phi) is 4.51. The zero-order chi connectivity index (χ0) is 13.5. The van der Waals surface area contributed by atoms with Crippen LogP contribution in [-0.2, 0) is 0 Å². The summed E-state index contributed by atoms with van der Waals surface area (Å²) in [5.74, 6) is 0.888. The monoisotopic (exact) mass is 251 g/mol. The molecule has 2 nitrogen and oxygen atoms in total. The van der Waals surface area contributed by atoms with Gasteiger partial charge in [0.2, 0.25) is 0 Å². The highest BCUT2D eigenvalue weighted by molar-refractivity contribution is 5.64. The van der Waals surface area contributed by atoms with E-state index in [4.69, 9.17) is 4.74 Å². The van der Waals surface area contributed by atoms with Gasteiger partial charge in [-0.25, -0.2) is 0 Å². The minimum absolute atomic E-state index is 0.888. The van der Waals surface area contributed by atoms with E-state index in [1.165, 1.54) is 5.57 Å². The van der Waals surface area contributed by atoms with Gasteiger partial charge in [0.15, 0.2) is 0 Å². The van der Waals surface area contributed by atoms with Gasteiger partial charge in [0.05, 0.1) is 7.11 Å². The van der Waals surface area contributed by atoms with Crippen LogP contribution in [-0.4, -0.2) is 12.1 Å². The summed E-state index contributed by atoms with van der Waals surface area (Å²) >= 11 is 0. The van der Waals surface area contributed by atoms with Crippen LogP contribution in [0.1, 0.15) is 18.1 Å². The van der Waals surface area contributed by atoms with Gasteiger partial charge in [0.25, 0.3) is 0 Å². The maximum absolute atomic E-state index is 5.33. The van der Waals surface area contributed by atoms with Crippen molar-refractivity contribution >= 4 is 12.2 Å². The third-order valence-electron chi connectivity index (χ3n) is 2.77. The van der Waals surface area contributed by atoms with Gasteiger partial charge in [-0.15, -0.1) is 0 Å². The quantitative estimate of drug-likeness (QED) is 0.759. The molecule has 0 spiro atoms. The van der Waals surface area contributed by atoms with E-state index in [-0.39, 0.29) is 0 Å². The van der Waals surface area contributed by atoms with Crippen molar-refractivity contribution in [2.75, 3.05) is 7.11 Å². The van der Waals surface area contributed by atoms with E-state index in [2.05, 4.69) is 30.1 Å². The summed E-state index contributed by atoms with van der Waals surface area (Å²) in [6, 6.07) is 11.9. The van der Waals surface area contributed by atoms with Gasteiger partial charge >= 0.3 is 0 Å². The first-order valence-electron chi connectivity index (χ1n) is 6.19. The standard InChI is InChI=1S/C17H17NO/c1-14(7-8-15-9-11-18-12-10-15)13-16-5-3-4-6-17(16)19-2/h3-13H,1-2H3/b8-7+,14-13+. The van der Waals surface area contributed by atoms with Crippen molar-refractivity contribution in [2.45, 2.75) is 6.92 Å². The number of nitrogens with zero attached hydrogens (tertiary/aromatic N) is 1. The van der Waals surface area contributed by atoms with Gasteiger partial charge in [0.1, 0.15) is 5.75 Å². The van der Waals surface area contributed by atoms with Crippen molar-refractivity contribution in [2.24, 2.45) is 0 Å². The number of aromatic nitrogens is 1. The topological polar surface area (TPSA) is 22.1 Å². The normalized spacial score (nSPS) is 11.8. The molecule has 0 aliphatic carbocycles. The van der Waals surface area contributed by atoms with Crippen molar-refractivity contribution < 1.29 is 4.74 Å². The first kappa shape index (κ1) is 13.1. The molecular formula is C17H17NO. The van der Waals surface area contributed by atoms with Crippen LogP contribution in [0.5, 0.6) is 5.75 Å². The molecule has 2 rings (SSSR count). The smallest absolute Gasteiger partial charge is 0.126 e. The van der Waals surface area contributed by atoms with E-state index in [0.29, 0.717) is 0 Å². The van der Waals surface area contributed by atoms with Crippen molar-refractivity contribution in [3.63, 3.8) is 0 Å². The Morgan fingerprint density at radius 1 is 1.11 bits per heavy atom. The molecule has 0 aliphatic heterocycles. The number of hydrogen-bond acceptors (Lipinski definition) is 2. The molecule has 0 bridgehead atoms. The van der Waals surface area contributed by atoms with Crippen LogP contribution in [0.4, 0.5) is 0 Å². The molecule has 1 aromatic heterocycles. The van der Waals surface area contributed by atoms with E-state index >= 15 is 0 Å². The van der Waals surface area contributed by atoms with E-state index in [9.17, 15) is 0 Å². The minimum atomic E-state index is 0.888. The second-order valence-electron chi connectivity index (χ2n) is 4.24. The van der Waals surface area contributed by atoms with E-state index in [1.54, 1.807) is 19.5 Å². The molecule has 0 saturated carbocycles. The zero-order valence-electron chi connectivity index (χ0n) is 11.2. The molecule has 0 fully saturated rings. The second kappa shape index (κ2) is 6.55. The van der Waals surface area contributed by atoms with Crippen molar-refractivity contribution in [3.05, 3.63) is 71.6 Å². The van der Waals surface area contributed by atoms with Crippen molar-refractivity contribution in [3.8, 4) is 5.75 Å². The molecule has 0 saturated heterocycles. The SMILES string of the molecule is COc1ccccc1/C=C(C)/C=C/c1ccncc1. The first-order chi connectivity index (χ1) is 9.29. The van der Waals surface area contributed by atoms with E-state index in [0.717, 1.165) is 16.9 Å². The lowest BCUT2D eigenvalue weighted by atomic mass is 10.1. The number of rotatable bonds is 4. The molecule has 19 heavy (non-hydrogen) atoms. The number of para-hydroxylation sites is 1. The Hall–Kier alpha value is -2.35. The molecule has 0 unspecified atom stereocenters. The maximum atomic E-state index is 5.33. The lowest BCUT2D eigenvalue weighted by molar-refractivity contribution is 0.414. The Bertz CT molecular complexity index is 585. The number of methoxy groups -OCH3 is 1. The third-order valence-corrected chi connectivity index (χ3v) is 2.77. The average molecular weight is 251 g/mol. The molecule has 1 heterocycles. The molecule has 0 N–H and O–H groups in total.